The van der Waals surface area contributed by atoms with E-state index in [0.717, 1.165) is 5.56 Å². The highest BCUT2D eigenvalue weighted by Crippen LogP contribution is 2.44. The van der Waals surface area contributed by atoms with Gasteiger partial charge in [-0.05, 0) is 54.4 Å². The first kappa shape index (κ1) is 27.9. The molecule has 1 amide bonds. The van der Waals surface area contributed by atoms with Crippen molar-refractivity contribution < 1.29 is 23.7 Å². The molecule has 10 nitrogen and oxygen atoms in total. The van der Waals surface area contributed by atoms with Crippen LogP contribution >= 0.6 is 11.8 Å². The normalized spacial score (nSPS) is 14.1. The van der Waals surface area contributed by atoms with Gasteiger partial charge in [-0.2, -0.15) is 4.98 Å². The van der Waals surface area contributed by atoms with E-state index in [1.54, 1.807) is 57.4 Å². The number of amides is 1. The average Bonchev–Trinajstić information content (AvgIpc) is 3.41. The number of hydrogen-bond acceptors (Lipinski definition) is 9. The second-order valence-corrected chi connectivity index (χ2v) is 10.1. The number of aromatic nitrogens is 3. The van der Waals surface area contributed by atoms with Gasteiger partial charge >= 0.3 is 0 Å². The molecule has 1 atom stereocenters. The predicted octanol–water partition coefficient (Wildman–Crippen LogP) is 5.53. The number of hydrogen-bond donors (Lipinski definition) is 2. The summed E-state index contributed by atoms with van der Waals surface area (Å²) in [5.41, 5.74) is 3.61. The van der Waals surface area contributed by atoms with E-state index in [0.29, 0.717) is 62.4 Å². The van der Waals surface area contributed by atoms with Gasteiger partial charge in [0.25, 0.3) is 5.91 Å². The maximum atomic E-state index is 13.9. The fraction of sp³-hybridized carbons (Fsp3) is 0.233. The fourth-order valence-electron chi connectivity index (χ4n) is 4.65. The molecule has 212 valence electrons. The lowest BCUT2D eigenvalue weighted by Crippen LogP contribution is -2.31. The largest absolute Gasteiger partial charge is 0.497 e. The highest BCUT2D eigenvalue weighted by molar-refractivity contribution is 7.98. The van der Waals surface area contributed by atoms with E-state index in [1.165, 1.54) is 11.8 Å². The van der Waals surface area contributed by atoms with Crippen molar-refractivity contribution in [1.82, 2.24) is 14.8 Å². The first-order chi connectivity index (χ1) is 19.9. The summed E-state index contributed by atoms with van der Waals surface area (Å²) < 4.78 is 23.8. The van der Waals surface area contributed by atoms with E-state index in [1.807, 2.05) is 37.3 Å². The van der Waals surface area contributed by atoms with Gasteiger partial charge in [0.1, 0.15) is 11.8 Å². The number of thioether (sulfide) groups is 1. The molecule has 0 radical (unpaired) electrons. The van der Waals surface area contributed by atoms with E-state index in [4.69, 9.17) is 29.0 Å². The number of nitrogens with one attached hydrogen (secondary N) is 2. The van der Waals surface area contributed by atoms with Crippen LogP contribution in [-0.2, 0) is 10.5 Å². The zero-order valence-electron chi connectivity index (χ0n) is 23.4. The Hall–Kier alpha value is -4.64. The van der Waals surface area contributed by atoms with Crippen LogP contribution in [-0.4, -0.2) is 49.1 Å². The van der Waals surface area contributed by atoms with E-state index >= 15 is 0 Å². The molecular formula is C30H31N5O5S. The molecule has 2 heterocycles. The third-order valence-corrected chi connectivity index (χ3v) is 7.55. The summed E-state index contributed by atoms with van der Waals surface area (Å²) >= 11 is 1.52. The lowest BCUT2D eigenvalue weighted by Gasteiger charge is -2.29. The summed E-state index contributed by atoms with van der Waals surface area (Å²) in [5, 5.41) is 11.7. The van der Waals surface area contributed by atoms with Gasteiger partial charge in [-0.3, -0.25) is 4.79 Å². The number of carbonyl (C=O) groups is 1. The van der Waals surface area contributed by atoms with Crippen LogP contribution in [0.25, 0.3) is 0 Å². The molecule has 11 heteroatoms. The van der Waals surface area contributed by atoms with Crippen LogP contribution in [0, 0.1) is 0 Å². The topological polar surface area (TPSA) is 109 Å². The van der Waals surface area contributed by atoms with Crippen molar-refractivity contribution in [3.05, 3.63) is 89.1 Å². The summed E-state index contributed by atoms with van der Waals surface area (Å²) in [6, 6.07) is 20.3. The van der Waals surface area contributed by atoms with Crippen LogP contribution in [0.15, 0.2) is 83.2 Å². The Balaban J connectivity index is 1.56. The maximum Gasteiger partial charge on any atom is 0.255 e. The van der Waals surface area contributed by atoms with Crippen LogP contribution in [0.5, 0.6) is 23.0 Å². The standard InChI is InChI=1S/C30H31N5O5S/c1-18-25(28(36)32-21-11-13-22(37-2)14-12-21)26(20-15-23(38-3)27(40-5)24(16-20)39-4)35-29(31-18)33-30(34-35)41-17-19-9-7-6-8-10-19/h6-16,26H,17H2,1-5H3,(H,32,36)(H,31,33,34). The molecule has 2 N–H and O–H groups in total. The number of allylic oxidation sites excluding steroid dienone is 1. The highest BCUT2D eigenvalue weighted by atomic mass is 32.2. The molecule has 3 aromatic carbocycles. The first-order valence-electron chi connectivity index (χ1n) is 12.8. The Morgan fingerprint density at radius 3 is 2.24 bits per heavy atom. The zero-order valence-corrected chi connectivity index (χ0v) is 24.2. The molecule has 0 saturated carbocycles. The lowest BCUT2D eigenvalue weighted by atomic mass is 9.94. The Morgan fingerprint density at radius 2 is 1.63 bits per heavy atom. The third kappa shape index (κ3) is 5.80. The second-order valence-electron chi connectivity index (χ2n) is 9.14. The van der Waals surface area contributed by atoms with E-state index in [9.17, 15) is 4.79 Å². The summed E-state index contributed by atoms with van der Waals surface area (Å²) in [6.07, 6.45) is 0. The van der Waals surface area contributed by atoms with Crippen LogP contribution in [0.3, 0.4) is 0 Å². The van der Waals surface area contributed by atoms with E-state index in [-0.39, 0.29) is 5.91 Å². The van der Waals surface area contributed by atoms with Gasteiger partial charge in [0.15, 0.2) is 11.5 Å². The van der Waals surface area contributed by atoms with Gasteiger partial charge in [-0.25, -0.2) is 4.68 Å². The summed E-state index contributed by atoms with van der Waals surface area (Å²) in [4.78, 5) is 18.6. The smallest absolute Gasteiger partial charge is 0.255 e. The molecule has 0 bridgehead atoms. The molecule has 5 rings (SSSR count). The zero-order chi connectivity index (χ0) is 28.9. The molecular weight excluding hydrogens is 542 g/mol. The number of carbonyl (C=O) groups excluding carboxylic acids is 1. The number of rotatable bonds is 10. The second kappa shape index (κ2) is 12.3. The van der Waals surface area contributed by atoms with Gasteiger partial charge in [0.05, 0.1) is 34.0 Å². The number of methoxy groups -OCH3 is 4. The van der Waals surface area contributed by atoms with Crippen molar-refractivity contribution in [2.75, 3.05) is 39.1 Å². The van der Waals surface area contributed by atoms with Crippen molar-refractivity contribution in [2.24, 2.45) is 0 Å². The minimum absolute atomic E-state index is 0.293. The molecule has 41 heavy (non-hydrogen) atoms. The Labute approximate surface area is 242 Å². The molecule has 0 saturated heterocycles. The molecule has 1 aromatic heterocycles. The van der Waals surface area contributed by atoms with Gasteiger partial charge < -0.3 is 29.6 Å². The summed E-state index contributed by atoms with van der Waals surface area (Å²) in [7, 11) is 6.26. The van der Waals surface area contributed by atoms with Gasteiger partial charge in [0.2, 0.25) is 16.9 Å². The van der Waals surface area contributed by atoms with E-state index in [2.05, 4.69) is 22.8 Å². The lowest BCUT2D eigenvalue weighted by molar-refractivity contribution is -0.113. The molecule has 0 fully saturated rings. The minimum atomic E-state index is -0.642. The number of fused-ring (bicyclic) bond motifs is 1. The predicted molar refractivity (Wildman–Crippen MR) is 158 cm³/mol. The van der Waals surface area contributed by atoms with Crippen molar-refractivity contribution in [3.63, 3.8) is 0 Å². The SMILES string of the molecule is COc1ccc(NC(=O)C2=C(C)Nc3nc(SCc4ccccc4)nn3C2c2cc(OC)c(OC)c(OC)c2)cc1. The van der Waals surface area contributed by atoms with E-state index < -0.39 is 6.04 Å². The Bertz CT molecular complexity index is 1550. The van der Waals surface area contributed by atoms with Crippen LogP contribution < -0.4 is 29.6 Å². The first-order valence-corrected chi connectivity index (χ1v) is 13.8. The number of benzene rings is 3. The quantitative estimate of drug-likeness (QED) is 0.237. The number of nitrogens with zero attached hydrogens (tertiary/aromatic N) is 3. The number of ether oxygens (including phenoxy) is 4. The van der Waals surface area contributed by atoms with Crippen molar-refractivity contribution in [1.29, 1.82) is 0 Å². The maximum absolute atomic E-state index is 13.9. The summed E-state index contributed by atoms with van der Waals surface area (Å²) in [6.45, 7) is 1.85. The molecule has 1 unspecified atom stereocenters. The molecule has 0 aliphatic carbocycles. The van der Waals surface area contributed by atoms with Crippen molar-refractivity contribution >= 4 is 29.3 Å². The Kier molecular flexibility index (Phi) is 8.34. The molecule has 4 aromatic rings. The molecule has 0 spiro atoms. The molecule has 1 aliphatic heterocycles. The van der Waals surface area contributed by atoms with Crippen molar-refractivity contribution in [3.8, 4) is 23.0 Å². The van der Waals surface area contributed by atoms with Crippen LogP contribution in [0.2, 0.25) is 0 Å². The minimum Gasteiger partial charge on any atom is -0.497 e. The van der Waals surface area contributed by atoms with Crippen molar-refractivity contribution in [2.45, 2.75) is 23.9 Å². The fourth-order valence-corrected chi connectivity index (χ4v) is 5.43. The Morgan fingerprint density at radius 1 is 0.951 bits per heavy atom. The summed E-state index contributed by atoms with van der Waals surface area (Å²) in [5.74, 6) is 3.02. The average molecular weight is 574 g/mol. The molecule has 1 aliphatic rings. The highest BCUT2D eigenvalue weighted by Gasteiger charge is 2.35. The van der Waals surface area contributed by atoms with Gasteiger partial charge in [-0.1, -0.05) is 42.1 Å². The van der Waals surface area contributed by atoms with Gasteiger partial charge in [-0.15, -0.1) is 5.10 Å². The van der Waals surface area contributed by atoms with Gasteiger partial charge in [0, 0.05) is 17.1 Å². The van der Waals surface area contributed by atoms with Crippen LogP contribution in [0.1, 0.15) is 24.1 Å². The third-order valence-electron chi connectivity index (χ3n) is 6.64. The number of anilines is 2. The van der Waals surface area contributed by atoms with Crippen LogP contribution in [0.4, 0.5) is 11.6 Å². The monoisotopic (exact) mass is 573 g/mol.